The maximum atomic E-state index is 9.41. The van der Waals surface area contributed by atoms with Crippen molar-refractivity contribution < 1.29 is 5.11 Å². The van der Waals surface area contributed by atoms with Gasteiger partial charge in [-0.05, 0) is 6.92 Å². The Morgan fingerprint density at radius 3 is 2.88 bits per heavy atom. The first kappa shape index (κ1) is 7.52. The molecule has 0 rings (SSSR count). The van der Waals surface area contributed by atoms with Gasteiger partial charge in [0.2, 0.25) is 0 Å². The molecule has 0 spiro atoms. The van der Waals surface area contributed by atoms with Crippen molar-refractivity contribution in [2.24, 2.45) is 5.18 Å². The first-order valence-electron chi connectivity index (χ1n) is 2.48. The van der Waals surface area contributed by atoms with E-state index in [2.05, 4.69) is 10.5 Å². The van der Waals surface area contributed by atoms with Gasteiger partial charge in [0.15, 0.2) is 0 Å². The average Bonchev–Trinajstić information content (AvgIpc) is 1.66. The third kappa shape index (κ3) is 5.52. The Kier molecular flexibility index (Phi) is 4.39. The van der Waals surface area contributed by atoms with Crippen molar-refractivity contribution in [2.75, 3.05) is 13.1 Å². The van der Waals surface area contributed by atoms with Crippen LogP contribution in [-0.2, 0) is 0 Å². The van der Waals surface area contributed by atoms with Crippen LogP contribution in [0.25, 0.3) is 0 Å². The van der Waals surface area contributed by atoms with Gasteiger partial charge in [-0.15, -0.1) is 0 Å². The molecule has 0 aromatic rings. The summed E-state index contributed by atoms with van der Waals surface area (Å²) in [6.45, 7) is 2.25. The van der Waals surface area contributed by atoms with Crippen LogP contribution in [0.2, 0.25) is 0 Å². The van der Waals surface area contributed by atoms with Crippen molar-refractivity contribution in [1.82, 2.24) is 5.32 Å². The molecule has 0 aromatic heterocycles. The molecule has 0 aromatic carbocycles. The number of nitrogens with one attached hydrogen (secondary N) is 1. The largest absolute Gasteiger partial charge is 0.379 e. The lowest BCUT2D eigenvalue weighted by Crippen LogP contribution is -2.27. The Hall–Kier alpha value is -0.480. The topological polar surface area (TPSA) is 61.7 Å². The molecule has 48 valence electrons. The predicted molar refractivity (Wildman–Crippen MR) is 30.3 cm³/mol. The van der Waals surface area contributed by atoms with Crippen LogP contribution in [0.4, 0.5) is 0 Å². The van der Waals surface area contributed by atoms with Gasteiger partial charge in [-0.1, -0.05) is 5.18 Å². The molecule has 2 N–H and O–H groups in total. The molecule has 0 heterocycles. The van der Waals surface area contributed by atoms with Crippen molar-refractivity contribution in [3.05, 3.63) is 4.91 Å². The monoisotopic (exact) mass is 118 g/mol. The van der Waals surface area contributed by atoms with Gasteiger partial charge in [0, 0.05) is 6.54 Å². The fraction of sp³-hybridized carbons (Fsp3) is 1.00. The van der Waals surface area contributed by atoms with Crippen LogP contribution in [0, 0.1) is 4.91 Å². The van der Waals surface area contributed by atoms with Gasteiger partial charge in [0.1, 0.15) is 6.23 Å². The number of hydrogen-bond donors (Lipinski definition) is 2. The van der Waals surface area contributed by atoms with Crippen LogP contribution in [0.5, 0.6) is 0 Å². The summed E-state index contributed by atoms with van der Waals surface area (Å²) < 4.78 is 0. The molecule has 0 fully saturated rings. The molecule has 1 unspecified atom stereocenters. The second kappa shape index (κ2) is 4.67. The van der Waals surface area contributed by atoms with E-state index in [1.165, 1.54) is 0 Å². The van der Waals surface area contributed by atoms with E-state index in [0.29, 0.717) is 6.54 Å². The van der Waals surface area contributed by atoms with Gasteiger partial charge in [-0.2, -0.15) is 4.91 Å². The first-order chi connectivity index (χ1) is 3.77. The van der Waals surface area contributed by atoms with E-state index in [-0.39, 0.29) is 6.54 Å². The number of aliphatic hydroxyl groups is 1. The zero-order valence-corrected chi connectivity index (χ0v) is 4.79. The van der Waals surface area contributed by atoms with Gasteiger partial charge in [-0.3, -0.25) is 5.32 Å². The molecular formula is C4H10N2O2. The van der Waals surface area contributed by atoms with E-state index < -0.39 is 6.23 Å². The molecule has 0 radical (unpaired) electrons. The molecule has 0 aliphatic carbocycles. The van der Waals surface area contributed by atoms with Gasteiger partial charge >= 0.3 is 0 Å². The van der Waals surface area contributed by atoms with Crippen LogP contribution in [0.1, 0.15) is 6.92 Å². The Morgan fingerprint density at radius 1 is 1.88 bits per heavy atom. The number of nitroso groups, excluding NO2 is 1. The lowest BCUT2D eigenvalue weighted by atomic mass is 10.6. The number of hydrogen-bond acceptors (Lipinski definition) is 4. The second-order valence-electron chi connectivity index (χ2n) is 1.48. The highest BCUT2D eigenvalue weighted by Gasteiger charge is 1.89. The molecule has 4 heteroatoms. The van der Waals surface area contributed by atoms with Crippen molar-refractivity contribution in [3.63, 3.8) is 0 Å². The standard InChI is InChI=1S/C4H10N2O2/c1-4(7)5-2-3-6-8/h4-5,7H,2-3H2,1H3. The summed E-state index contributed by atoms with van der Waals surface area (Å²) in [4.78, 5) is 9.41. The highest BCUT2D eigenvalue weighted by molar-refractivity contribution is 4.47. The maximum Gasteiger partial charge on any atom is 0.102 e. The highest BCUT2D eigenvalue weighted by atomic mass is 16.3. The van der Waals surface area contributed by atoms with E-state index >= 15 is 0 Å². The van der Waals surface area contributed by atoms with E-state index in [9.17, 15) is 4.91 Å². The number of nitrogens with zero attached hydrogens (tertiary/aromatic N) is 1. The van der Waals surface area contributed by atoms with Crippen molar-refractivity contribution in [2.45, 2.75) is 13.2 Å². The van der Waals surface area contributed by atoms with Crippen molar-refractivity contribution in [3.8, 4) is 0 Å². The third-order valence-corrected chi connectivity index (χ3v) is 0.643. The van der Waals surface area contributed by atoms with Crippen LogP contribution < -0.4 is 5.32 Å². The minimum atomic E-state index is -0.545. The SMILES string of the molecule is CC(O)NCCN=O. The Morgan fingerprint density at radius 2 is 2.50 bits per heavy atom. The molecule has 0 saturated carbocycles. The molecule has 0 aliphatic heterocycles. The zero-order valence-electron chi connectivity index (χ0n) is 4.79. The molecule has 1 atom stereocenters. The normalized spacial score (nSPS) is 13.2. The fourth-order valence-electron chi connectivity index (χ4n) is 0.319. The summed E-state index contributed by atoms with van der Waals surface area (Å²) in [5.74, 6) is 0. The van der Waals surface area contributed by atoms with Crippen LogP contribution in [0.3, 0.4) is 0 Å². The van der Waals surface area contributed by atoms with Crippen LogP contribution in [0.15, 0.2) is 5.18 Å². The molecule has 0 amide bonds. The minimum Gasteiger partial charge on any atom is -0.379 e. The number of aliphatic hydroxyl groups excluding tert-OH is 1. The molecule has 0 saturated heterocycles. The molecule has 8 heavy (non-hydrogen) atoms. The molecule has 4 nitrogen and oxygen atoms in total. The summed E-state index contributed by atoms with van der Waals surface area (Å²) in [6.07, 6.45) is -0.545. The summed E-state index contributed by atoms with van der Waals surface area (Å²) in [7, 11) is 0. The zero-order chi connectivity index (χ0) is 6.41. The van der Waals surface area contributed by atoms with Gasteiger partial charge in [0.25, 0.3) is 0 Å². The highest BCUT2D eigenvalue weighted by Crippen LogP contribution is 1.69. The third-order valence-electron chi connectivity index (χ3n) is 0.643. The summed E-state index contributed by atoms with van der Waals surface area (Å²) >= 11 is 0. The summed E-state index contributed by atoms with van der Waals surface area (Å²) in [5.41, 5.74) is 0. The van der Waals surface area contributed by atoms with Gasteiger partial charge < -0.3 is 5.11 Å². The number of rotatable bonds is 4. The van der Waals surface area contributed by atoms with Crippen LogP contribution in [-0.4, -0.2) is 24.4 Å². The van der Waals surface area contributed by atoms with E-state index in [1.807, 2.05) is 0 Å². The van der Waals surface area contributed by atoms with Gasteiger partial charge in [0.05, 0.1) is 6.54 Å². The smallest absolute Gasteiger partial charge is 0.102 e. The van der Waals surface area contributed by atoms with E-state index in [1.54, 1.807) is 6.92 Å². The molecule has 0 bridgehead atoms. The quantitative estimate of drug-likeness (QED) is 0.302. The summed E-state index contributed by atoms with van der Waals surface area (Å²) in [6, 6.07) is 0. The maximum absolute atomic E-state index is 9.41. The fourth-order valence-corrected chi connectivity index (χ4v) is 0.319. The Labute approximate surface area is 47.9 Å². The summed E-state index contributed by atoms with van der Waals surface area (Å²) in [5, 5.41) is 13.7. The first-order valence-corrected chi connectivity index (χ1v) is 2.48. The van der Waals surface area contributed by atoms with E-state index in [4.69, 9.17) is 5.11 Å². The predicted octanol–water partition coefficient (Wildman–Crippen LogP) is -0.319. The van der Waals surface area contributed by atoms with Gasteiger partial charge in [-0.25, -0.2) is 0 Å². The van der Waals surface area contributed by atoms with Crippen molar-refractivity contribution >= 4 is 0 Å². The molecular weight excluding hydrogens is 108 g/mol. The van der Waals surface area contributed by atoms with Crippen LogP contribution >= 0.6 is 0 Å². The van der Waals surface area contributed by atoms with Crippen molar-refractivity contribution in [1.29, 1.82) is 0 Å². The second-order valence-corrected chi connectivity index (χ2v) is 1.48. The molecule has 0 aliphatic rings. The Balaban J connectivity index is 2.81. The Bertz CT molecular complexity index is 65.1. The lowest BCUT2D eigenvalue weighted by molar-refractivity contribution is 0.158. The van der Waals surface area contributed by atoms with E-state index in [0.717, 1.165) is 0 Å². The lowest BCUT2D eigenvalue weighted by Gasteiger charge is -2.01. The average molecular weight is 118 g/mol. The minimum absolute atomic E-state index is 0.213.